The van der Waals surface area contributed by atoms with Crippen molar-refractivity contribution in [2.75, 3.05) is 0 Å². The van der Waals surface area contributed by atoms with Gasteiger partial charge in [0.1, 0.15) is 11.2 Å². The van der Waals surface area contributed by atoms with Crippen molar-refractivity contribution in [2.24, 2.45) is 0 Å². The highest BCUT2D eigenvalue weighted by atomic mass is 28.3. The number of benzene rings is 2. The van der Waals surface area contributed by atoms with Gasteiger partial charge in [-0.05, 0) is 51.9 Å². The molecule has 0 bridgehead atoms. The molecule has 7 heteroatoms. The molecule has 0 fully saturated rings. The standard InChI is InChI=1S/C28H44O4Si3/c1-27(2,3)31-25(29)35(26(30)32-28(4,5)6,23-17-13-21(14-18-23)33(7,8)9)24-19-15-22(16-20-24)34(10,11)12/h13-20H,1-12H3. The van der Waals surface area contributed by atoms with Crippen molar-refractivity contribution in [3.63, 3.8) is 0 Å². The number of ether oxygens (including phenoxy) is 2. The molecule has 0 atom stereocenters. The highest BCUT2D eigenvalue weighted by Crippen LogP contribution is 2.21. The predicted octanol–water partition coefficient (Wildman–Crippen LogP) is 5.37. The summed E-state index contributed by atoms with van der Waals surface area (Å²) in [6.45, 7) is 24.7. The van der Waals surface area contributed by atoms with Gasteiger partial charge in [0.2, 0.25) is 0 Å². The average Bonchev–Trinajstić information content (AvgIpc) is 2.65. The van der Waals surface area contributed by atoms with E-state index in [1.54, 1.807) is 0 Å². The van der Waals surface area contributed by atoms with E-state index in [9.17, 15) is 9.59 Å². The Morgan fingerprint density at radius 2 is 0.743 bits per heavy atom. The summed E-state index contributed by atoms with van der Waals surface area (Å²) in [5.74, 6) is 0. The van der Waals surface area contributed by atoms with E-state index in [2.05, 4.69) is 63.5 Å². The number of carbonyl (C=O) groups excluding carboxylic acids is 2. The summed E-state index contributed by atoms with van der Waals surface area (Å²) in [5.41, 5.74) is -2.46. The van der Waals surface area contributed by atoms with Gasteiger partial charge in [-0.2, -0.15) is 0 Å². The average molecular weight is 529 g/mol. The van der Waals surface area contributed by atoms with Gasteiger partial charge in [-0.15, -0.1) is 0 Å². The van der Waals surface area contributed by atoms with Crippen LogP contribution in [0.25, 0.3) is 0 Å². The van der Waals surface area contributed by atoms with Crippen LogP contribution in [0.1, 0.15) is 41.5 Å². The van der Waals surface area contributed by atoms with Crippen molar-refractivity contribution in [2.45, 2.75) is 92.0 Å². The van der Waals surface area contributed by atoms with Gasteiger partial charge < -0.3 is 9.47 Å². The van der Waals surface area contributed by atoms with Gasteiger partial charge in [0.25, 0.3) is 11.2 Å². The molecule has 0 aromatic heterocycles. The summed E-state index contributed by atoms with van der Waals surface area (Å²) in [5, 5.41) is 3.94. The molecular weight excluding hydrogens is 485 g/mol. The number of rotatable bonds is 6. The second-order valence-electron chi connectivity index (χ2n) is 13.4. The van der Waals surface area contributed by atoms with E-state index >= 15 is 0 Å². The molecule has 0 aliphatic heterocycles. The largest absolute Gasteiger partial charge is 0.463 e. The van der Waals surface area contributed by atoms with Gasteiger partial charge in [0.05, 0.1) is 16.1 Å². The first-order valence-electron chi connectivity index (χ1n) is 12.4. The molecule has 35 heavy (non-hydrogen) atoms. The first kappa shape index (κ1) is 29.3. The molecule has 0 N–H and O–H groups in total. The summed E-state index contributed by atoms with van der Waals surface area (Å²) < 4.78 is 12.0. The minimum atomic E-state index is -3.83. The second kappa shape index (κ2) is 9.82. The Bertz CT molecular complexity index is 959. The minimum Gasteiger partial charge on any atom is -0.463 e. The molecule has 0 amide bonds. The molecular formula is C28H44O4Si3. The van der Waals surface area contributed by atoms with Crippen LogP contribution in [-0.2, 0) is 9.47 Å². The van der Waals surface area contributed by atoms with Gasteiger partial charge >= 0.3 is 8.07 Å². The van der Waals surface area contributed by atoms with Crippen LogP contribution < -0.4 is 20.7 Å². The Kier molecular flexibility index (Phi) is 8.21. The Morgan fingerprint density at radius 1 is 0.514 bits per heavy atom. The first-order valence-corrected chi connectivity index (χ1v) is 21.4. The third-order valence-electron chi connectivity index (χ3n) is 5.78. The molecule has 2 rings (SSSR count). The van der Waals surface area contributed by atoms with Gasteiger partial charge in [-0.3, -0.25) is 9.59 Å². The maximum absolute atomic E-state index is 14.1. The number of hydrogen-bond donors (Lipinski definition) is 0. The zero-order valence-electron chi connectivity index (χ0n) is 23.8. The lowest BCUT2D eigenvalue weighted by Gasteiger charge is -2.34. The lowest BCUT2D eigenvalue weighted by molar-refractivity contribution is 0.0639. The maximum Gasteiger partial charge on any atom is 0.370 e. The molecule has 2 aromatic carbocycles. The molecule has 2 aromatic rings. The second-order valence-corrected chi connectivity index (χ2v) is 27.0. The van der Waals surface area contributed by atoms with Crippen molar-refractivity contribution in [1.29, 1.82) is 0 Å². The predicted molar refractivity (Wildman–Crippen MR) is 156 cm³/mol. The van der Waals surface area contributed by atoms with Gasteiger partial charge in [-0.1, -0.05) is 98.2 Å². The zero-order valence-corrected chi connectivity index (χ0v) is 26.8. The van der Waals surface area contributed by atoms with E-state index in [1.165, 1.54) is 10.4 Å². The van der Waals surface area contributed by atoms with Crippen LogP contribution in [0.5, 0.6) is 0 Å². The molecule has 0 aliphatic carbocycles. The molecule has 0 radical (unpaired) electrons. The molecule has 0 saturated heterocycles. The highest BCUT2D eigenvalue weighted by molar-refractivity contribution is 7.37. The van der Waals surface area contributed by atoms with Crippen molar-refractivity contribution in [3.05, 3.63) is 48.5 Å². The molecule has 0 saturated carbocycles. The van der Waals surface area contributed by atoms with Crippen LogP contribution in [0.2, 0.25) is 39.3 Å². The summed E-state index contributed by atoms with van der Waals surface area (Å²) in [4.78, 5) is 28.3. The Hall–Kier alpha value is -1.97. The molecule has 0 heterocycles. The lowest BCUT2D eigenvalue weighted by atomic mass is 10.2. The number of carbonyl (C=O) groups is 2. The van der Waals surface area contributed by atoms with Crippen LogP contribution >= 0.6 is 0 Å². The van der Waals surface area contributed by atoms with Crippen molar-refractivity contribution >= 4 is 56.2 Å². The van der Waals surface area contributed by atoms with E-state index in [4.69, 9.17) is 9.47 Å². The summed E-state index contributed by atoms with van der Waals surface area (Å²) >= 11 is 0. The van der Waals surface area contributed by atoms with Gasteiger partial charge in [0.15, 0.2) is 0 Å². The summed E-state index contributed by atoms with van der Waals surface area (Å²) in [6, 6.07) is 16.1. The minimum absolute atomic E-state index is 0.485. The zero-order chi connectivity index (χ0) is 27.0. The summed E-state index contributed by atoms with van der Waals surface area (Å²) in [7, 11) is -6.96. The van der Waals surface area contributed by atoms with Crippen LogP contribution in [0.15, 0.2) is 48.5 Å². The fourth-order valence-corrected chi connectivity index (χ4v) is 9.90. The number of hydrogen-bond acceptors (Lipinski definition) is 4. The van der Waals surface area contributed by atoms with Crippen molar-refractivity contribution < 1.29 is 19.1 Å². The molecule has 0 unspecified atom stereocenters. The van der Waals surface area contributed by atoms with Crippen LogP contribution in [0.4, 0.5) is 9.59 Å². The topological polar surface area (TPSA) is 52.6 Å². The third-order valence-corrected chi connectivity index (χ3v) is 13.7. The van der Waals surface area contributed by atoms with E-state index in [0.29, 0.717) is 10.4 Å². The van der Waals surface area contributed by atoms with Gasteiger partial charge in [0, 0.05) is 0 Å². The third kappa shape index (κ3) is 7.05. The Labute approximate surface area is 215 Å². The smallest absolute Gasteiger partial charge is 0.370 e. The highest BCUT2D eigenvalue weighted by Gasteiger charge is 2.58. The monoisotopic (exact) mass is 528 g/mol. The summed E-state index contributed by atoms with van der Waals surface area (Å²) in [6.07, 6.45) is 0. The van der Waals surface area contributed by atoms with E-state index in [1.807, 2.05) is 65.8 Å². The van der Waals surface area contributed by atoms with Crippen molar-refractivity contribution in [3.8, 4) is 0 Å². The van der Waals surface area contributed by atoms with Crippen molar-refractivity contribution in [1.82, 2.24) is 0 Å². The fourth-order valence-electron chi connectivity index (χ4n) is 3.87. The van der Waals surface area contributed by atoms with E-state index in [-0.39, 0.29) is 0 Å². The molecule has 192 valence electrons. The molecule has 0 spiro atoms. The quantitative estimate of drug-likeness (QED) is 0.473. The van der Waals surface area contributed by atoms with E-state index in [0.717, 1.165) is 0 Å². The van der Waals surface area contributed by atoms with E-state index < -0.39 is 46.6 Å². The normalized spacial score (nSPS) is 13.4. The SMILES string of the molecule is CC(C)(C)OC(=O)[Si](C(=O)OC(C)(C)C)(c1ccc([Si](C)(C)C)cc1)c1ccc([Si](C)(C)C)cc1. The van der Waals surface area contributed by atoms with Crippen LogP contribution in [0.3, 0.4) is 0 Å². The maximum atomic E-state index is 14.1. The molecule has 0 aliphatic rings. The van der Waals surface area contributed by atoms with Gasteiger partial charge in [-0.25, -0.2) is 0 Å². The fraction of sp³-hybridized carbons (Fsp3) is 0.500. The molecule has 4 nitrogen and oxygen atoms in total. The van der Waals surface area contributed by atoms with Crippen LogP contribution in [-0.4, -0.2) is 46.6 Å². The first-order chi connectivity index (χ1) is 15.7. The lowest BCUT2D eigenvalue weighted by Crippen LogP contribution is -2.72. The van der Waals surface area contributed by atoms with Crippen LogP contribution in [0, 0.1) is 0 Å². The Morgan fingerprint density at radius 3 is 0.943 bits per heavy atom. The Balaban J connectivity index is 2.89.